The number of hydrogen-bond donors (Lipinski definition) is 4. The van der Waals surface area contributed by atoms with Gasteiger partial charge < -0.3 is 14.6 Å². The standard InChI is InChI=1S/C29H37N7O4S/c1-17-8-9-19(12-24(17)36-16-23(32-34-36)25-15-30-27(35(25)5)18-10-11-18)28(37)31-21-13-20(29(2,3)4)14-22(26(21)40-6)33-41(7,38)39/h8-9,12-16,18,32-34H,10-11H2,1-7H3,(H,31,37). The molecule has 3 aromatic rings. The summed E-state index contributed by atoms with van der Waals surface area (Å²) >= 11 is 0. The Labute approximate surface area is 241 Å². The van der Waals surface area contributed by atoms with Crippen LogP contribution in [0.15, 0.2) is 42.7 Å². The summed E-state index contributed by atoms with van der Waals surface area (Å²) < 4.78 is 34.3. The highest BCUT2D eigenvalue weighted by Gasteiger charge is 2.30. The third kappa shape index (κ3) is 6.03. The first kappa shape index (κ1) is 28.5. The molecule has 2 aromatic carbocycles. The molecule has 0 radical (unpaired) electrons. The second kappa shape index (κ2) is 10.4. The van der Waals surface area contributed by atoms with E-state index < -0.39 is 10.0 Å². The lowest BCUT2D eigenvalue weighted by Crippen LogP contribution is -2.36. The van der Waals surface area contributed by atoms with E-state index in [2.05, 4.69) is 30.6 Å². The number of ether oxygens (including phenoxy) is 1. The molecule has 1 aliphatic carbocycles. The van der Waals surface area contributed by atoms with Gasteiger partial charge in [0.2, 0.25) is 10.0 Å². The molecule has 2 aliphatic rings. The van der Waals surface area contributed by atoms with Crippen LogP contribution in [0.25, 0.3) is 5.70 Å². The van der Waals surface area contributed by atoms with Crippen molar-refractivity contribution in [1.82, 2.24) is 20.5 Å². The minimum atomic E-state index is -3.59. The molecule has 5 rings (SSSR count). The monoisotopic (exact) mass is 579 g/mol. The Hall–Kier alpha value is -4.03. The van der Waals surface area contributed by atoms with Gasteiger partial charge in [-0.2, -0.15) is 0 Å². The average Bonchev–Trinajstić information content (AvgIpc) is 3.48. The number of hydrazine groups is 2. The molecule has 1 aliphatic heterocycles. The maximum Gasteiger partial charge on any atom is 0.255 e. The van der Waals surface area contributed by atoms with Gasteiger partial charge in [-0.05, 0) is 60.6 Å². The molecule has 0 bridgehead atoms. The van der Waals surface area contributed by atoms with Crippen LogP contribution in [-0.4, -0.2) is 37.2 Å². The smallest absolute Gasteiger partial charge is 0.255 e. The van der Waals surface area contributed by atoms with E-state index in [1.54, 1.807) is 18.2 Å². The van der Waals surface area contributed by atoms with E-state index in [-0.39, 0.29) is 22.8 Å². The predicted octanol–water partition coefficient (Wildman–Crippen LogP) is 4.36. The molecular weight excluding hydrogens is 542 g/mol. The van der Waals surface area contributed by atoms with Crippen LogP contribution in [-0.2, 0) is 22.5 Å². The van der Waals surface area contributed by atoms with Gasteiger partial charge in [0, 0.05) is 18.5 Å². The van der Waals surface area contributed by atoms with Gasteiger partial charge in [-0.25, -0.2) is 13.4 Å². The number of benzene rings is 2. The van der Waals surface area contributed by atoms with Gasteiger partial charge in [0.25, 0.3) is 5.91 Å². The summed E-state index contributed by atoms with van der Waals surface area (Å²) in [5.41, 5.74) is 11.5. The van der Waals surface area contributed by atoms with Crippen LogP contribution in [0.1, 0.15) is 72.5 Å². The molecule has 12 heteroatoms. The Balaban J connectivity index is 1.44. The Bertz CT molecular complexity index is 1650. The number of aromatic nitrogens is 2. The fourth-order valence-electron chi connectivity index (χ4n) is 4.82. The van der Waals surface area contributed by atoms with Crippen molar-refractivity contribution >= 4 is 38.7 Å². The third-order valence-corrected chi connectivity index (χ3v) is 7.84. The van der Waals surface area contributed by atoms with Crippen molar-refractivity contribution in [2.75, 3.05) is 28.4 Å². The second-order valence-electron chi connectivity index (χ2n) is 11.7. The number of anilines is 3. The number of methoxy groups -OCH3 is 1. The summed E-state index contributed by atoms with van der Waals surface area (Å²) in [4.78, 5) is 18.1. The van der Waals surface area contributed by atoms with Crippen molar-refractivity contribution in [3.05, 3.63) is 70.9 Å². The first-order chi connectivity index (χ1) is 19.2. The first-order valence-corrected chi connectivity index (χ1v) is 15.3. The highest BCUT2D eigenvalue weighted by molar-refractivity contribution is 7.92. The maximum atomic E-state index is 13.5. The molecule has 2 heterocycles. The number of carbonyl (C=O) groups excluding carboxylic acids is 1. The Morgan fingerprint density at radius 1 is 1.15 bits per heavy atom. The number of hydrogen-bond acceptors (Lipinski definition) is 8. The topological polar surface area (TPSA) is 130 Å². The number of sulfonamides is 1. The molecule has 0 saturated heterocycles. The summed E-state index contributed by atoms with van der Waals surface area (Å²) in [5.74, 6) is 1.50. The van der Waals surface area contributed by atoms with Crippen LogP contribution >= 0.6 is 0 Å². The van der Waals surface area contributed by atoms with E-state index in [1.165, 1.54) is 20.0 Å². The van der Waals surface area contributed by atoms with Gasteiger partial charge in [-0.15, -0.1) is 5.53 Å². The summed E-state index contributed by atoms with van der Waals surface area (Å²) in [7, 11) is -0.128. The summed E-state index contributed by atoms with van der Waals surface area (Å²) in [6.07, 6.45) is 7.25. The van der Waals surface area contributed by atoms with E-state index in [1.807, 2.05) is 64.3 Å². The normalized spacial score (nSPS) is 15.4. The fraction of sp³-hybridized carbons (Fsp3) is 0.379. The van der Waals surface area contributed by atoms with Gasteiger partial charge in [0.15, 0.2) is 5.75 Å². The predicted molar refractivity (Wildman–Crippen MR) is 161 cm³/mol. The van der Waals surface area contributed by atoms with Crippen LogP contribution in [0.5, 0.6) is 5.75 Å². The lowest BCUT2D eigenvalue weighted by atomic mass is 9.86. The van der Waals surface area contributed by atoms with Crippen LogP contribution in [0.2, 0.25) is 0 Å². The number of nitrogens with one attached hydrogen (secondary N) is 4. The minimum Gasteiger partial charge on any atom is -0.492 e. The molecule has 1 amide bonds. The molecule has 218 valence electrons. The minimum absolute atomic E-state index is 0.226. The quantitative estimate of drug-likeness (QED) is 0.310. The zero-order valence-electron chi connectivity index (χ0n) is 24.4. The van der Waals surface area contributed by atoms with Crippen molar-refractivity contribution < 1.29 is 17.9 Å². The Kier molecular flexibility index (Phi) is 7.24. The molecule has 41 heavy (non-hydrogen) atoms. The van der Waals surface area contributed by atoms with Gasteiger partial charge in [0.1, 0.15) is 5.82 Å². The summed E-state index contributed by atoms with van der Waals surface area (Å²) in [5, 5.41) is 4.77. The van der Waals surface area contributed by atoms with E-state index in [9.17, 15) is 13.2 Å². The second-order valence-corrected chi connectivity index (χ2v) is 13.4. The highest BCUT2D eigenvalue weighted by Crippen LogP contribution is 2.41. The van der Waals surface area contributed by atoms with Gasteiger partial charge in [-0.1, -0.05) is 26.8 Å². The van der Waals surface area contributed by atoms with Crippen molar-refractivity contribution in [1.29, 1.82) is 0 Å². The molecule has 0 unspecified atom stereocenters. The fourth-order valence-corrected chi connectivity index (χ4v) is 5.37. The maximum absolute atomic E-state index is 13.5. The SMILES string of the molecule is COc1c(NC(=O)c2ccc(C)c(N3C=C(c4cnc(C5CC5)n4C)NN3)c2)cc(C(C)(C)C)cc1NS(C)(=O)=O. The lowest BCUT2D eigenvalue weighted by Gasteiger charge is -2.24. The highest BCUT2D eigenvalue weighted by atomic mass is 32.2. The van der Waals surface area contributed by atoms with Crippen LogP contribution < -0.4 is 30.7 Å². The summed E-state index contributed by atoms with van der Waals surface area (Å²) in [6, 6.07) is 8.97. The van der Waals surface area contributed by atoms with Gasteiger partial charge >= 0.3 is 0 Å². The molecule has 0 spiro atoms. The van der Waals surface area contributed by atoms with E-state index in [0.29, 0.717) is 17.2 Å². The molecule has 4 N–H and O–H groups in total. The molecular formula is C29H37N7O4S. The van der Waals surface area contributed by atoms with E-state index in [4.69, 9.17) is 4.74 Å². The molecule has 11 nitrogen and oxygen atoms in total. The number of aryl methyl sites for hydroxylation is 1. The summed E-state index contributed by atoms with van der Waals surface area (Å²) in [6.45, 7) is 7.99. The Morgan fingerprint density at radius 2 is 1.85 bits per heavy atom. The average molecular weight is 580 g/mol. The lowest BCUT2D eigenvalue weighted by molar-refractivity contribution is 0.102. The number of carbonyl (C=O) groups is 1. The zero-order chi connectivity index (χ0) is 29.7. The first-order valence-electron chi connectivity index (χ1n) is 13.4. The van der Waals surface area contributed by atoms with E-state index >= 15 is 0 Å². The van der Waals surface area contributed by atoms with Crippen LogP contribution in [0, 0.1) is 6.92 Å². The van der Waals surface area contributed by atoms with E-state index in [0.717, 1.165) is 40.3 Å². The largest absolute Gasteiger partial charge is 0.492 e. The van der Waals surface area contributed by atoms with Crippen molar-refractivity contribution in [3.63, 3.8) is 0 Å². The zero-order valence-corrected chi connectivity index (χ0v) is 25.2. The van der Waals surface area contributed by atoms with Crippen molar-refractivity contribution in [3.8, 4) is 5.75 Å². The molecule has 1 fully saturated rings. The van der Waals surface area contributed by atoms with Gasteiger partial charge in [-0.3, -0.25) is 20.0 Å². The van der Waals surface area contributed by atoms with Crippen LogP contribution in [0.3, 0.4) is 0 Å². The number of rotatable bonds is 8. The third-order valence-electron chi connectivity index (χ3n) is 7.25. The van der Waals surface area contributed by atoms with Crippen LogP contribution in [0.4, 0.5) is 17.1 Å². The Morgan fingerprint density at radius 3 is 2.49 bits per heavy atom. The molecule has 1 aromatic heterocycles. The van der Waals surface area contributed by atoms with Gasteiger partial charge in [0.05, 0.1) is 54.2 Å². The molecule has 1 saturated carbocycles. The van der Waals surface area contributed by atoms with Crippen molar-refractivity contribution in [2.45, 2.75) is 51.9 Å². The number of nitrogens with zero attached hydrogens (tertiary/aromatic N) is 3. The number of amides is 1. The molecule has 0 atom stereocenters. The number of imidazole rings is 1. The van der Waals surface area contributed by atoms with Crippen molar-refractivity contribution in [2.24, 2.45) is 7.05 Å².